The molecule has 0 saturated heterocycles. The first kappa shape index (κ1) is 19.6. The zero-order valence-electron chi connectivity index (χ0n) is 14.3. The maximum atomic E-state index is 12.1. The number of carbonyl (C=O) groups is 3. The average Bonchev–Trinajstić information content (AvgIpc) is 2.59. The highest BCUT2D eigenvalue weighted by atomic mass is 35.5. The number of halogens is 1. The van der Waals surface area contributed by atoms with Crippen LogP contribution in [0.25, 0.3) is 0 Å². The molecule has 1 heterocycles. The molecule has 8 nitrogen and oxygen atoms in total. The minimum Gasteiger partial charge on any atom is -0.479 e. The van der Waals surface area contributed by atoms with E-state index in [2.05, 4.69) is 10.6 Å². The molecule has 0 radical (unpaired) electrons. The lowest BCUT2D eigenvalue weighted by Crippen LogP contribution is -2.45. The molecule has 9 heteroatoms. The molecule has 1 unspecified atom stereocenters. The van der Waals surface area contributed by atoms with Crippen LogP contribution in [0.3, 0.4) is 0 Å². The SMILES string of the molecule is CCOC(=O)C1=C(COC(=O)C(C)Oc2cccc(Cl)c2)NC(=O)NC1. The van der Waals surface area contributed by atoms with Crippen LogP contribution in [-0.2, 0) is 19.1 Å². The quantitative estimate of drug-likeness (QED) is 0.697. The number of rotatable bonds is 7. The summed E-state index contributed by atoms with van der Waals surface area (Å²) in [4.78, 5) is 35.5. The molecule has 0 aromatic heterocycles. The Balaban J connectivity index is 1.98. The lowest BCUT2D eigenvalue weighted by atomic mass is 10.2. The maximum absolute atomic E-state index is 12.1. The molecule has 0 saturated carbocycles. The molecule has 0 bridgehead atoms. The third kappa shape index (κ3) is 5.38. The summed E-state index contributed by atoms with van der Waals surface area (Å²) in [7, 11) is 0. The topological polar surface area (TPSA) is 103 Å². The summed E-state index contributed by atoms with van der Waals surface area (Å²) < 4.78 is 15.5. The van der Waals surface area contributed by atoms with Gasteiger partial charge in [-0.15, -0.1) is 0 Å². The summed E-state index contributed by atoms with van der Waals surface area (Å²) in [6, 6.07) is 6.11. The molecule has 1 aliphatic heterocycles. The Hall–Kier alpha value is -2.74. The Morgan fingerprint density at radius 3 is 2.77 bits per heavy atom. The number of urea groups is 1. The van der Waals surface area contributed by atoms with Crippen LogP contribution in [0.2, 0.25) is 5.02 Å². The first-order valence-electron chi connectivity index (χ1n) is 7.93. The van der Waals surface area contributed by atoms with Crippen LogP contribution < -0.4 is 15.4 Å². The number of esters is 2. The van der Waals surface area contributed by atoms with Gasteiger partial charge in [-0.25, -0.2) is 14.4 Å². The van der Waals surface area contributed by atoms with Crippen LogP contribution in [0.15, 0.2) is 35.5 Å². The van der Waals surface area contributed by atoms with Gasteiger partial charge in [0.15, 0.2) is 6.10 Å². The van der Waals surface area contributed by atoms with Gasteiger partial charge >= 0.3 is 18.0 Å². The Morgan fingerprint density at radius 2 is 2.08 bits per heavy atom. The van der Waals surface area contributed by atoms with E-state index in [-0.39, 0.29) is 31.0 Å². The maximum Gasteiger partial charge on any atom is 0.347 e. The predicted molar refractivity (Wildman–Crippen MR) is 92.7 cm³/mol. The molecule has 1 atom stereocenters. The molecule has 2 N–H and O–H groups in total. The zero-order valence-corrected chi connectivity index (χ0v) is 15.1. The largest absolute Gasteiger partial charge is 0.479 e. The molecular weight excluding hydrogens is 364 g/mol. The van der Waals surface area contributed by atoms with Crippen molar-refractivity contribution in [3.8, 4) is 5.75 Å². The van der Waals surface area contributed by atoms with Gasteiger partial charge in [-0.05, 0) is 32.0 Å². The van der Waals surface area contributed by atoms with Crippen molar-refractivity contribution >= 4 is 29.6 Å². The second kappa shape index (κ2) is 9.10. The summed E-state index contributed by atoms with van der Waals surface area (Å²) in [5.74, 6) is -0.828. The van der Waals surface area contributed by atoms with E-state index in [1.165, 1.54) is 6.92 Å². The van der Waals surface area contributed by atoms with E-state index in [0.29, 0.717) is 10.8 Å². The van der Waals surface area contributed by atoms with Gasteiger partial charge in [0, 0.05) is 5.02 Å². The lowest BCUT2D eigenvalue weighted by molar-refractivity contribution is -0.150. The Labute approximate surface area is 155 Å². The molecule has 2 rings (SSSR count). The number of nitrogens with one attached hydrogen (secondary N) is 2. The second-order valence-corrected chi connectivity index (χ2v) is 5.75. The molecule has 1 aromatic carbocycles. The number of hydrogen-bond donors (Lipinski definition) is 2. The van der Waals surface area contributed by atoms with Crippen molar-refractivity contribution < 1.29 is 28.6 Å². The summed E-state index contributed by atoms with van der Waals surface area (Å²) in [6.07, 6.45) is -0.905. The second-order valence-electron chi connectivity index (χ2n) is 5.31. The standard InChI is InChI=1S/C17H19ClN2O6/c1-3-24-16(22)13-8-19-17(23)20-14(13)9-25-15(21)10(2)26-12-6-4-5-11(18)7-12/h4-7,10H,3,8-9H2,1-2H3,(H2,19,20,23). The van der Waals surface area contributed by atoms with Crippen molar-refractivity contribution in [1.82, 2.24) is 10.6 Å². The van der Waals surface area contributed by atoms with Crippen molar-refractivity contribution in [2.75, 3.05) is 19.8 Å². The summed E-state index contributed by atoms with van der Waals surface area (Å²) in [5.41, 5.74) is 0.373. The Bertz CT molecular complexity index is 734. The van der Waals surface area contributed by atoms with Gasteiger partial charge in [-0.1, -0.05) is 17.7 Å². The van der Waals surface area contributed by atoms with Crippen LogP contribution in [-0.4, -0.2) is 43.8 Å². The zero-order chi connectivity index (χ0) is 19.1. The van der Waals surface area contributed by atoms with E-state index in [9.17, 15) is 14.4 Å². The molecule has 0 spiro atoms. The molecule has 2 amide bonds. The highest BCUT2D eigenvalue weighted by Gasteiger charge is 2.25. The van der Waals surface area contributed by atoms with E-state index in [0.717, 1.165) is 0 Å². The normalized spacial score (nSPS) is 14.8. The van der Waals surface area contributed by atoms with Crippen molar-refractivity contribution in [2.24, 2.45) is 0 Å². The van der Waals surface area contributed by atoms with E-state index in [1.54, 1.807) is 31.2 Å². The summed E-state index contributed by atoms with van der Waals surface area (Å²) in [6.45, 7) is 3.08. The van der Waals surface area contributed by atoms with Crippen LogP contribution >= 0.6 is 11.6 Å². The fourth-order valence-corrected chi connectivity index (χ4v) is 2.30. The monoisotopic (exact) mass is 382 g/mol. The highest BCUT2D eigenvalue weighted by Crippen LogP contribution is 2.18. The molecule has 1 aromatic rings. The summed E-state index contributed by atoms with van der Waals surface area (Å²) >= 11 is 5.86. The fourth-order valence-electron chi connectivity index (χ4n) is 2.12. The minimum atomic E-state index is -0.905. The molecular formula is C17H19ClN2O6. The van der Waals surface area contributed by atoms with Crippen molar-refractivity contribution in [2.45, 2.75) is 20.0 Å². The van der Waals surface area contributed by atoms with E-state index >= 15 is 0 Å². The minimum absolute atomic E-state index is 0.00782. The molecule has 1 aliphatic rings. The van der Waals surface area contributed by atoms with E-state index in [1.807, 2.05) is 0 Å². The van der Waals surface area contributed by atoms with Gasteiger partial charge in [-0.3, -0.25) is 0 Å². The van der Waals surface area contributed by atoms with Gasteiger partial charge in [0.2, 0.25) is 0 Å². The number of benzene rings is 1. The van der Waals surface area contributed by atoms with Crippen LogP contribution in [0.5, 0.6) is 5.75 Å². The van der Waals surface area contributed by atoms with Gasteiger partial charge in [0.1, 0.15) is 12.4 Å². The van der Waals surface area contributed by atoms with Gasteiger partial charge in [0.25, 0.3) is 0 Å². The number of carbonyl (C=O) groups excluding carboxylic acids is 3. The smallest absolute Gasteiger partial charge is 0.347 e. The average molecular weight is 383 g/mol. The number of ether oxygens (including phenoxy) is 3. The van der Waals surface area contributed by atoms with Crippen LogP contribution in [0.4, 0.5) is 4.79 Å². The first-order valence-corrected chi connectivity index (χ1v) is 8.31. The van der Waals surface area contributed by atoms with Crippen molar-refractivity contribution in [1.29, 1.82) is 0 Å². The fraction of sp³-hybridized carbons (Fsp3) is 0.353. The highest BCUT2D eigenvalue weighted by molar-refractivity contribution is 6.30. The molecule has 26 heavy (non-hydrogen) atoms. The van der Waals surface area contributed by atoms with Crippen molar-refractivity contribution in [3.05, 3.63) is 40.6 Å². The van der Waals surface area contributed by atoms with E-state index < -0.39 is 24.1 Å². The Morgan fingerprint density at radius 1 is 1.31 bits per heavy atom. The van der Waals surface area contributed by atoms with Crippen LogP contribution in [0.1, 0.15) is 13.8 Å². The van der Waals surface area contributed by atoms with Gasteiger partial charge in [0.05, 0.1) is 24.4 Å². The molecule has 140 valence electrons. The predicted octanol–water partition coefficient (Wildman–Crippen LogP) is 1.78. The van der Waals surface area contributed by atoms with Gasteiger partial charge < -0.3 is 24.8 Å². The third-order valence-electron chi connectivity index (χ3n) is 3.38. The first-order chi connectivity index (χ1) is 12.4. The summed E-state index contributed by atoms with van der Waals surface area (Å²) in [5, 5.41) is 5.39. The number of amides is 2. The lowest BCUT2D eigenvalue weighted by Gasteiger charge is -2.21. The van der Waals surface area contributed by atoms with Crippen LogP contribution in [0, 0.1) is 0 Å². The molecule has 0 aliphatic carbocycles. The van der Waals surface area contributed by atoms with E-state index in [4.69, 9.17) is 25.8 Å². The third-order valence-corrected chi connectivity index (χ3v) is 3.61. The number of hydrogen-bond acceptors (Lipinski definition) is 6. The Kier molecular flexibility index (Phi) is 6.85. The van der Waals surface area contributed by atoms with Crippen molar-refractivity contribution in [3.63, 3.8) is 0 Å². The molecule has 0 fully saturated rings. The van der Waals surface area contributed by atoms with Gasteiger partial charge in [-0.2, -0.15) is 0 Å².